The van der Waals surface area contributed by atoms with E-state index in [1.54, 1.807) is 14.2 Å². The Hall–Kier alpha value is -1.42. The van der Waals surface area contributed by atoms with Crippen molar-refractivity contribution in [1.29, 1.82) is 0 Å². The number of ether oxygens (including phenoxy) is 2. The second kappa shape index (κ2) is 7.39. The monoisotopic (exact) mass is 313 g/mol. The summed E-state index contributed by atoms with van der Waals surface area (Å²) in [6.07, 6.45) is 0. The molecule has 0 heterocycles. The standard InChI is InChI=1S/C15H16ClNO2.ClH/c1-18-13-8-7-10(9-14(13)19-2)15(17)11-5-3-4-6-12(11)16;/h3-9,15H,17H2,1-2H3;1H. The van der Waals surface area contributed by atoms with Crippen molar-refractivity contribution < 1.29 is 9.47 Å². The van der Waals surface area contributed by atoms with Crippen molar-refractivity contribution >= 4 is 24.0 Å². The quantitative estimate of drug-likeness (QED) is 0.933. The van der Waals surface area contributed by atoms with Gasteiger partial charge in [-0.1, -0.05) is 35.9 Å². The molecule has 2 N–H and O–H groups in total. The van der Waals surface area contributed by atoms with Crippen LogP contribution in [0.15, 0.2) is 42.5 Å². The Morgan fingerprint density at radius 1 is 1.00 bits per heavy atom. The Morgan fingerprint density at radius 3 is 2.25 bits per heavy atom. The number of methoxy groups -OCH3 is 2. The van der Waals surface area contributed by atoms with Gasteiger partial charge < -0.3 is 15.2 Å². The highest BCUT2D eigenvalue weighted by atomic mass is 35.5. The zero-order valence-electron chi connectivity index (χ0n) is 11.3. The van der Waals surface area contributed by atoms with Gasteiger partial charge in [0.1, 0.15) is 0 Å². The molecular formula is C15H17Cl2NO2. The molecule has 0 aliphatic rings. The maximum absolute atomic E-state index is 6.25. The van der Waals surface area contributed by atoms with Crippen LogP contribution >= 0.6 is 24.0 Å². The van der Waals surface area contributed by atoms with Crippen LogP contribution < -0.4 is 15.2 Å². The van der Waals surface area contributed by atoms with Gasteiger partial charge in [0, 0.05) is 5.02 Å². The summed E-state index contributed by atoms with van der Waals surface area (Å²) in [6.45, 7) is 0. The Labute approximate surface area is 130 Å². The van der Waals surface area contributed by atoms with Crippen LogP contribution in [0, 0.1) is 0 Å². The number of hydrogen-bond donors (Lipinski definition) is 1. The summed E-state index contributed by atoms with van der Waals surface area (Å²) in [5, 5.41) is 0.657. The molecule has 2 aromatic rings. The van der Waals surface area contributed by atoms with Gasteiger partial charge in [-0.25, -0.2) is 0 Å². The molecule has 0 amide bonds. The molecule has 1 atom stereocenters. The molecule has 0 aliphatic heterocycles. The van der Waals surface area contributed by atoms with Crippen LogP contribution in [0.4, 0.5) is 0 Å². The third-order valence-corrected chi connectivity index (χ3v) is 3.35. The van der Waals surface area contributed by atoms with Gasteiger partial charge >= 0.3 is 0 Å². The number of hydrogen-bond acceptors (Lipinski definition) is 3. The first-order valence-electron chi connectivity index (χ1n) is 5.89. The predicted molar refractivity (Wildman–Crippen MR) is 84.3 cm³/mol. The molecule has 0 aliphatic carbocycles. The van der Waals surface area contributed by atoms with E-state index >= 15 is 0 Å². The van der Waals surface area contributed by atoms with Crippen LogP contribution in [0.3, 0.4) is 0 Å². The van der Waals surface area contributed by atoms with Crippen molar-refractivity contribution in [1.82, 2.24) is 0 Å². The molecule has 2 aromatic carbocycles. The van der Waals surface area contributed by atoms with Crippen molar-refractivity contribution in [2.24, 2.45) is 5.73 Å². The highest BCUT2D eigenvalue weighted by Crippen LogP contribution is 2.33. The fourth-order valence-corrected chi connectivity index (χ4v) is 2.21. The zero-order valence-corrected chi connectivity index (χ0v) is 12.9. The maximum atomic E-state index is 6.25. The Morgan fingerprint density at radius 2 is 1.65 bits per heavy atom. The Bertz CT molecular complexity index is 576. The lowest BCUT2D eigenvalue weighted by Gasteiger charge is -2.16. The smallest absolute Gasteiger partial charge is 0.161 e. The number of benzene rings is 2. The molecule has 1 unspecified atom stereocenters. The lowest BCUT2D eigenvalue weighted by molar-refractivity contribution is 0.354. The van der Waals surface area contributed by atoms with E-state index in [-0.39, 0.29) is 18.4 Å². The van der Waals surface area contributed by atoms with Gasteiger partial charge in [-0.15, -0.1) is 12.4 Å². The lowest BCUT2D eigenvalue weighted by atomic mass is 9.99. The average Bonchev–Trinajstić information content (AvgIpc) is 2.46. The van der Waals surface area contributed by atoms with Crippen molar-refractivity contribution in [3.05, 3.63) is 58.6 Å². The topological polar surface area (TPSA) is 44.5 Å². The molecule has 5 heteroatoms. The third kappa shape index (κ3) is 3.37. The van der Waals surface area contributed by atoms with E-state index in [0.717, 1.165) is 11.1 Å². The van der Waals surface area contributed by atoms with Crippen LogP contribution in [-0.2, 0) is 0 Å². The van der Waals surface area contributed by atoms with E-state index in [0.29, 0.717) is 16.5 Å². The minimum Gasteiger partial charge on any atom is -0.493 e. The van der Waals surface area contributed by atoms with Gasteiger partial charge in [-0.3, -0.25) is 0 Å². The maximum Gasteiger partial charge on any atom is 0.161 e. The molecule has 0 bridgehead atoms. The van der Waals surface area contributed by atoms with Crippen molar-refractivity contribution in [2.45, 2.75) is 6.04 Å². The van der Waals surface area contributed by atoms with Crippen LogP contribution in [0.5, 0.6) is 11.5 Å². The lowest BCUT2D eigenvalue weighted by Crippen LogP contribution is -2.12. The van der Waals surface area contributed by atoms with E-state index in [4.69, 9.17) is 26.8 Å². The first kappa shape index (κ1) is 16.6. The number of halogens is 2. The van der Waals surface area contributed by atoms with Crippen LogP contribution in [0.1, 0.15) is 17.2 Å². The molecule has 0 saturated carbocycles. The molecule has 0 fully saturated rings. The minimum atomic E-state index is -0.298. The minimum absolute atomic E-state index is 0. The van der Waals surface area contributed by atoms with Crippen LogP contribution in [0.2, 0.25) is 5.02 Å². The summed E-state index contributed by atoms with van der Waals surface area (Å²) >= 11 is 6.17. The Kier molecular flexibility index (Phi) is 6.14. The van der Waals surface area contributed by atoms with Gasteiger partial charge in [0.2, 0.25) is 0 Å². The normalized spacial score (nSPS) is 11.4. The van der Waals surface area contributed by atoms with Crippen LogP contribution in [0.25, 0.3) is 0 Å². The fraction of sp³-hybridized carbons (Fsp3) is 0.200. The van der Waals surface area contributed by atoms with Gasteiger partial charge in [0.25, 0.3) is 0 Å². The highest BCUT2D eigenvalue weighted by molar-refractivity contribution is 6.31. The Balaban J connectivity index is 0.00000200. The molecule has 0 saturated heterocycles. The van der Waals surface area contributed by atoms with E-state index in [2.05, 4.69) is 0 Å². The summed E-state index contributed by atoms with van der Waals surface area (Å²) in [7, 11) is 3.20. The number of rotatable bonds is 4. The SMILES string of the molecule is COc1ccc(C(N)c2ccccc2Cl)cc1OC.Cl. The third-order valence-electron chi connectivity index (χ3n) is 3.01. The van der Waals surface area contributed by atoms with Crippen molar-refractivity contribution in [3.63, 3.8) is 0 Å². The van der Waals surface area contributed by atoms with E-state index in [1.807, 2.05) is 42.5 Å². The first-order valence-corrected chi connectivity index (χ1v) is 6.27. The van der Waals surface area contributed by atoms with Gasteiger partial charge in [0.15, 0.2) is 11.5 Å². The molecule has 0 radical (unpaired) electrons. The molecule has 3 nitrogen and oxygen atoms in total. The summed E-state index contributed by atoms with van der Waals surface area (Å²) in [6, 6.07) is 12.9. The van der Waals surface area contributed by atoms with Crippen molar-refractivity contribution in [2.75, 3.05) is 14.2 Å². The molecule has 20 heavy (non-hydrogen) atoms. The van der Waals surface area contributed by atoms with E-state index in [9.17, 15) is 0 Å². The first-order chi connectivity index (χ1) is 9.17. The summed E-state index contributed by atoms with van der Waals surface area (Å²) in [4.78, 5) is 0. The number of nitrogens with two attached hydrogens (primary N) is 1. The van der Waals surface area contributed by atoms with Gasteiger partial charge in [-0.05, 0) is 29.3 Å². The van der Waals surface area contributed by atoms with Gasteiger partial charge in [0.05, 0.1) is 20.3 Å². The molecule has 0 spiro atoms. The molecule has 0 aromatic heterocycles. The summed E-state index contributed by atoms with van der Waals surface area (Å²) < 4.78 is 10.5. The summed E-state index contributed by atoms with van der Waals surface area (Å²) in [5.74, 6) is 1.33. The van der Waals surface area contributed by atoms with Crippen LogP contribution in [-0.4, -0.2) is 14.2 Å². The zero-order chi connectivity index (χ0) is 13.8. The molecule has 2 rings (SSSR count). The molecule has 108 valence electrons. The van der Waals surface area contributed by atoms with Gasteiger partial charge in [-0.2, -0.15) is 0 Å². The van der Waals surface area contributed by atoms with E-state index < -0.39 is 0 Å². The van der Waals surface area contributed by atoms with Crippen molar-refractivity contribution in [3.8, 4) is 11.5 Å². The fourth-order valence-electron chi connectivity index (χ4n) is 1.95. The second-order valence-corrected chi connectivity index (χ2v) is 4.52. The summed E-state index contributed by atoms with van der Waals surface area (Å²) in [5.41, 5.74) is 8.06. The average molecular weight is 314 g/mol. The largest absolute Gasteiger partial charge is 0.493 e. The molecular weight excluding hydrogens is 297 g/mol. The predicted octanol–water partition coefficient (Wildman–Crippen LogP) is 3.83. The highest BCUT2D eigenvalue weighted by Gasteiger charge is 2.14. The second-order valence-electron chi connectivity index (χ2n) is 4.11. The van der Waals surface area contributed by atoms with E-state index in [1.165, 1.54) is 0 Å².